The van der Waals surface area contributed by atoms with Crippen LogP contribution in [0.3, 0.4) is 0 Å². The van der Waals surface area contributed by atoms with E-state index in [9.17, 15) is 0 Å². The summed E-state index contributed by atoms with van der Waals surface area (Å²) >= 11 is 0. The van der Waals surface area contributed by atoms with Crippen LogP contribution >= 0.6 is 17.0 Å². The fourth-order valence-electron chi connectivity index (χ4n) is 2.84. The highest BCUT2D eigenvalue weighted by Crippen LogP contribution is 2.25. The highest BCUT2D eigenvalue weighted by atomic mass is 79.9. The van der Waals surface area contributed by atoms with Gasteiger partial charge in [-0.25, -0.2) is 9.98 Å². The summed E-state index contributed by atoms with van der Waals surface area (Å²) in [4.78, 5) is 11.8. The Labute approximate surface area is 134 Å². The first-order valence-corrected chi connectivity index (χ1v) is 7.07. The number of hydrogen-bond donors (Lipinski definition) is 1. The maximum atomic E-state index is 4.91. The van der Waals surface area contributed by atoms with E-state index in [-0.39, 0.29) is 17.0 Å². The van der Waals surface area contributed by atoms with E-state index in [0.717, 1.165) is 50.1 Å². The van der Waals surface area contributed by atoms with Crippen molar-refractivity contribution < 1.29 is 0 Å². The van der Waals surface area contributed by atoms with Crippen molar-refractivity contribution in [2.45, 2.75) is 6.42 Å². The standard InChI is InChI=1S/C15H17N5.BrH/c1-2-4-13-12(3-1)11-14-17-7-10-20(14)15(18-13)19-8-5-16-6-9-19;/h1-4,7,10,16H,5-6,8-9,11H2;1H. The quantitative estimate of drug-likeness (QED) is 0.790. The Morgan fingerprint density at radius 1 is 1.10 bits per heavy atom. The fourth-order valence-corrected chi connectivity index (χ4v) is 2.84. The Bertz CT molecular complexity index is 658. The molecule has 0 atom stereocenters. The summed E-state index contributed by atoms with van der Waals surface area (Å²) in [6.45, 7) is 3.98. The van der Waals surface area contributed by atoms with E-state index in [1.807, 2.05) is 18.5 Å². The monoisotopic (exact) mass is 347 g/mol. The maximum Gasteiger partial charge on any atom is 0.211 e. The number of fused-ring (bicyclic) bond motifs is 2. The fraction of sp³-hybridized carbons (Fsp3) is 0.333. The molecular weight excluding hydrogens is 330 g/mol. The molecule has 0 bridgehead atoms. The summed E-state index contributed by atoms with van der Waals surface area (Å²) in [5, 5.41) is 3.38. The molecule has 0 unspecified atom stereocenters. The number of nitrogens with zero attached hydrogens (tertiary/aromatic N) is 4. The lowest BCUT2D eigenvalue weighted by molar-refractivity contribution is 0.348. The Kier molecular flexibility index (Phi) is 4.07. The summed E-state index contributed by atoms with van der Waals surface area (Å²) < 4.78 is 2.13. The van der Waals surface area contributed by atoms with Crippen LogP contribution in [0.4, 0.5) is 5.69 Å². The lowest BCUT2D eigenvalue weighted by atomic mass is 10.1. The van der Waals surface area contributed by atoms with Gasteiger partial charge in [-0.2, -0.15) is 0 Å². The molecule has 1 N–H and O–H groups in total. The van der Waals surface area contributed by atoms with Gasteiger partial charge in [0.15, 0.2) is 0 Å². The van der Waals surface area contributed by atoms with Crippen molar-refractivity contribution in [2.24, 2.45) is 4.99 Å². The Morgan fingerprint density at radius 2 is 1.90 bits per heavy atom. The van der Waals surface area contributed by atoms with Crippen LogP contribution in [0.1, 0.15) is 11.4 Å². The lowest BCUT2D eigenvalue weighted by Crippen LogP contribution is -2.48. The Morgan fingerprint density at radius 3 is 2.76 bits per heavy atom. The average molecular weight is 348 g/mol. The molecule has 0 aliphatic carbocycles. The molecule has 1 saturated heterocycles. The number of rotatable bonds is 0. The number of halogens is 1. The molecule has 21 heavy (non-hydrogen) atoms. The van der Waals surface area contributed by atoms with Gasteiger partial charge >= 0.3 is 0 Å². The molecule has 2 aliphatic rings. The van der Waals surface area contributed by atoms with Crippen molar-refractivity contribution in [1.29, 1.82) is 0 Å². The van der Waals surface area contributed by atoms with Crippen molar-refractivity contribution in [3.63, 3.8) is 0 Å². The molecule has 1 aromatic carbocycles. The highest BCUT2D eigenvalue weighted by molar-refractivity contribution is 8.93. The van der Waals surface area contributed by atoms with Gasteiger partial charge in [-0.1, -0.05) is 18.2 Å². The molecule has 4 rings (SSSR count). The number of nitrogens with one attached hydrogen (secondary N) is 1. The van der Waals surface area contributed by atoms with Crippen LogP contribution in [0.15, 0.2) is 41.7 Å². The van der Waals surface area contributed by atoms with Gasteiger partial charge in [0.25, 0.3) is 0 Å². The topological polar surface area (TPSA) is 45.5 Å². The molecule has 0 saturated carbocycles. The van der Waals surface area contributed by atoms with E-state index in [4.69, 9.17) is 4.99 Å². The van der Waals surface area contributed by atoms with Crippen molar-refractivity contribution in [1.82, 2.24) is 19.8 Å². The van der Waals surface area contributed by atoms with Crippen LogP contribution in [-0.4, -0.2) is 46.6 Å². The maximum absolute atomic E-state index is 4.91. The predicted octanol–water partition coefficient (Wildman–Crippen LogP) is 1.81. The number of para-hydroxylation sites is 1. The molecule has 1 fully saturated rings. The van der Waals surface area contributed by atoms with Crippen LogP contribution in [0.2, 0.25) is 0 Å². The highest BCUT2D eigenvalue weighted by Gasteiger charge is 2.22. The molecule has 5 nitrogen and oxygen atoms in total. The van der Waals surface area contributed by atoms with Crippen molar-refractivity contribution in [3.8, 4) is 0 Å². The smallest absolute Gasteiger partial charge is 0.211 e. The van der Waals surface area contributed by atoms with Crippen LogP contribution < -0.4 is 5.32 Å². The minimum Gasteiger partial charge on any atom is -0.339 e. The summed E-state index contributed by atoms with van der Waals surface area (Å²) in [5.41, 5.74) is 2.30. The van der Waals surface area contributed by atoms with Crippen molar-refractivity contribution in [2.75, 3.05) is 26.2 Å². The Balaban J connectivity index is 0.00000132. The first-order chi connectivity index (χ1) is 9.92. The van der Waals surface area contributed by atoms with E-state index < -0.39 is 0 Å². The number of hydrogen-bond acceptors (Lipinski definition) is 4. The third-order valence-electron chi connectivity index (χ3n) is 3.89. The second-order valence-corrected chi connectivity index (χ2v) is 5.17. The average Bonchev–Trinajstić information content (AvgIpc) is 2.89. The van der Waals surface area contributed by atoms with Crippen LogP contribution in [0.25, 0.3) is 0 Å². The Hall–Kier alpha value is -1.66. The molecule has 0 amide bonds. The lowest BCUT2D eigenvalue weighted by Gasteiger charge is -2.30. The number of imidazole rings is 1. The molecule has 2 aromatic rings. The molecule has 110 valence electrons. The zero-order valence-corrected chi connectivity index (χ0v) is 13.4. The molecular formula is C15H18BrN5. The van der Waals surface area contributed by atoms with Crippen LogP contribution in [-0.2, 0) is 6.42 Å². The second kappa shape index (κ2) is 5.99. The van der Waals surface area contributed by atoms with E-state index >= 15 is 0 Å². The van der Waals surface area contributed by atoms with Crippen molar-refractivity contribution >= 4 is 28.6 Å². The zero-order valence-electron chi connectivity index (χ0n) is 11.7. The third kappa shape index (κ3) is 2.61. The SMILES string of the molecule is Br.c1ccc2c(c1)Cc1nccn1C(N1CCNCC1)=N2. The summed E-state index contributed by atoms with van der Waals surface area (Å²) in [6.07, 6.45) is 4.71. The third-order valence-corrected chi connectivity index (χ3v) is 3.89. The van der Waals surface area contributed by atoms with Gasteiger partial charge in [-0.05, 0) is 11.6 Å². The van der Waals surface area contributed by atoms with Crippen LogP contribution in [0, 0.1) is 0 Å². The summed E-state index contributed by atoms with van der Waals surface area (Å²) in [5.74, 6) is 2.07. The van der Waals surface area contributed by atoms with Gasteiger partial charge in [0.05, 0.1) is 5.69 Å². The van der Waals surface area contributed by atoms with Crippen molar-refractivity contribution in [3.05, 3.63) is 48.0 Å². The molecule has 2 aliphatic heterocycles. The van der Waals surface area contributed by atoms with Gasteiger partial charge in [-0.3, -0.25) is 4.57 Å². The van der Waals surface area contributed by atoms with E-state index in [1.54, 1.807) is 0 Å². The van der Waals surface area contributed by atoms with Gasteiger partial charge in [-0.15, -0.1) is 17.0 Å². The summed E-state index contributed by atoms with van der Waals surface area (Å²) in [6, 6.07) is 8.34. The van der Waals surface area contributed by atoms with Gasteiger partial charge in [0, 0.05) is 45.0 Å². The van der Waals surface area contributed by atoms with E-state index in [1.165, 1.54) is 5.56 Å². The minimum absolute atomic E-state index is 0. The number of aliphatic imine (C=N–C) groups is 1. The van der Waals surface area contributed by atoms with Gasteiger partial charge in [0.2, 0.25) is 5.96 Å². The molecule has 3 heterocycles. The number of piperazine rings is 1. The molecule has 6 heteroatoms. The van der Waals surface area contributed by atoms with Crippen LogP contribution in [0.5, 0.6) is 0 Å². The zero-order chi connectivity index (χ0) is 13.4. The second-order valence-electron chi connectivity index (χ2n) is 5.17. The van der Waals surface area contributed by atoms with Gasteiger partial charge < -0.3 is 10.2 Å². The molecule has 0 spiro atoms. The van der Waals surface area contributed by atoms with E-state index in [0.29, 0.717) is 0 Å². The first kappa shape index (κ1) is 14.3. The minimum atomic E-state index is 0. The number of aromatic nitrogens is 2. The molecule has 1 aromatic heterocycles. The molecule has 0 radical (unpaired) electrons. The predicted molar refractivity (Wildman–Crippen MR) is 88.7 cm³/mol. The number of benzene rings is 1. The van der Waals surface area contributed by atoms with Gasteiger partial charge in [0.1, 0.15) is 5.82 Å². The summed E-state index contributed by atoms with van der Waals surface area (Å²) in [7, 11) is 0. The largest absolute Gasteiger partial charge is 0.339 e. The normalized spacial score (nSPS) is 17.1. The first-order valence-electron chi connectivity index (χ1n) is 7.07. The van der Waals surface area contributed by atoms with E-state index in [2.05, 4.69) is 38.0 Å².